The zero-order valence-corrected chi connectivity index (χ0v) is 37.1. The van der Waals surface area contributed by atoms with Crippen LogP contribution < -0.4 is 0 Å². The van der Waals surface area contributed by atoms with E-state index >= 15 is 70.2 Å². The van der Waals surface area contributed by atoms with Gasteiger partial charge >= 0.3 is 6.18 Å². The van der Waals surface area contributed by atoms with E-state index in [0.717, 1.165) is 0 Å². The molecular weight excluding hydrogens is 1030 g/mol. The highest BCUT2D eigenvalue weighted by Crippen LogP contribution is 2.62. The lowest BCUT2D eigenvalue weighted by atomic mass is 9.55. The number of hydrogen-bond acceptors (Lipinski definition) is 1. The molecule has 0 bridgehead atoms. The highest BCUT2D eigenvalue weighted by atomic mass is 32.2. The summed E-state index contributed by atoms with van der Waals surface area (Å²) in [6.07, 6.45) is -3.74. The van der Waals surface area contributed by atoms with Gasteiger partial charge in [0.1, 0.15) is 23.7 Å². The fourth-order valence-corrected chi connectivity index (χ4v) is 9.29. The predicted molar refractivity (Wildman–Crippen MR) is 207 cm³/mol. The lowest BCUT2D eigenvalue weighted by Crippen LogP contribution is -2.58. The number of hydrogen-bond donors (Lipinski definition) is 0. The number of rotatable bonds is 23. The van der Waals surface area contributed by atoms with Crippen molar-refractivity contribution in [3.63, 3.8) is 0 Å². The SMILES string of the molecule is C[S+](C)OC(c1c(F)c(F)c(F)c(F)c1F)(c1c(F)c(F)c(F)c(F)c1F)C(CCCCCCCCCCCCCCCCC(F)(F)F)(c1c(F)c(F)c(F)c(F)c1F)c1c(F)c(F)c(F)c(F)c1F. The van der Waals surface area contributed by atoms with Gasteiger partial charge in [-0.15, -0.1) is 0 Å². The number of unbranched alkanes of at least 4 members (excludes halogenated alkanes) is 13. The molecule has 0 aromatic heterocycles. The van der Waals surface area contributed by atoms with Crippen molar-refractivity contribution in [2.75, 3.05) is 12.5 Å². The summed E-state index contributed by atoms with van der Waals surface area (Å²) in [5.74, 6) is -67.7. The summed E-state index contributed by atoms with van der Waals surface area (Å²) in [4.78, 5) is 0. The van der Waals surface area contributed by atoms with Gasteiger partial charge in [-0.1, -0.05) is 83.5 Å². The zero-order valence-electron chi connectivity index (χ0n) is 36.3. The number of alkyl halides is 3. The Hall–Kier alpha value is -4.42. The minimum atomic E-state index is -5.60. The Bertz CT molecular complexity index is 2290. The molecule has 0 N–H and O–H groups in total. The summed E-state index contributed by atoms with van der Waals surface area (Å²) >= 11 is -2.82. The summed E-state index contributed by atoms with van der Waals surface area (Å²) in [6.45, 7) is 0. The zero-order chi connectivity index (χ0) is 53.0. The van der Waals surface area contributed by atoms with E-state index in [4.69, 9.17) is 4.18 Å². The molecule has 0 aliphatic carbocycles. The second-order valence-electron chi connectivity index (χ2n) is 16.3. The predicted octanol–water partition coefficient (Wildman–Crippen LogP) is 16.3. The highest BCUT2D eigenvalue weighted by Gasteiger charge is 2.70. The van der Waals surface area contributed by atoms with Gasteiger partial charge in [-0.05, 0) is 12.8 Å². The van der Waals surface area contributed by atoms with E-state index in [2.05, 4.69) is 0 Å². The van der Waals surface area contributed by atoms with Crippen molar-refractivity contribution in [3.8, 4) is 0 Å². The van der Waals surface area contributed by atoms with Crippen molar-refractivity contribution < 1.29 is 105 Å². The van der Waals surface area contributed by atoms with E-state index in [1.807, 2.05) is 0 Å². The topological polar surface area (TPSA) is 9.23 Å². The van der Waals surface area contributed by atoms with Crippen LogP contribution >= 0.6 is 0 Å². The minimum Gasteiger partial charge on any atom is -0.203 e. The van der Waals surface area contributed by atoms with Crippen LogP contribution in [-0.2, 0) is 26.4 Å². The van der Waals surface area contributed by atoms with Gasteiger partial charge in [-0.3, -0.25) is 0 Å². The molecule has 0 aliphatic rings. The first-order valence-corrected chi connectivity index (χ1v) is 23.0. The summed E-state index contributed by atoms with van der Waals surface area (Å²) < 4.78 is 358. The molecule has 0 amide bonds. The first-order chi connectivity index (χ1) is 32.6. The van der Waals surface area contributed by atoms with E-state index < -0.39 is 193 Å². The van der Waals surface area contributed by atoms with Crippen LogP contribution in [0.4, 0.5) is 101 Å². The van der Waals surface area contributed by atoms with Gasteiger partial charge in [0.2, 0.25) is 28.9 Å². The van der Waals surface area contributed by atoms with Crippen LogP contribution in [0.25, 0.3) is 0 Å². The first-order valence-electron chi connectivity index (χ1n) is 21.0. The van der Waals surface area contributed by atoms with Gasteiger partial charge in [-0.25, -0.2) is 87.8 Å². The van der Waals surface area contributed by atoms with Crippen molar-refractivity contribution in [1.82, 2.24) is 0 Å². The molecule has 25 heteroatoms. The molecule has 4 rings (SSSR count). The van der Waals surface area contributed by atoms with Gasteiger partial charge in [0.05, 0.1) is 16.5 Å². The molecule has 0 saturated heterocycles. The molecule has 0 heterocycles. The van der Waals surface area contributed by atoms with Gasteiger partial charge in [0.25, 0.3) is 0 Å². The Morgan fingerprint density at radius 1 is 0.271 bits per heavy atom. The van der Waals surface area contributed by atoms with E-state index in [1.165, 1.54) is 0 Å². The summed E-state index contributed by atoms with van der Waals surface area (Å²) in [5.41, 5.74) is -23.7. The summed E-state index contributed by atoms with van der Waals surface area (Å²) in [6, 6.07) is 0. The lowest BCUT2D eigenvalue weighted by Gasteiger charge is -2.49. The highest BCUT2D eigenvalue weighted by molar-refractivity contribution is 7.91. The van der Waals surface area contributed by atoms with Crippen LogP contribution in [0.2, 0.25) is 0 Å². The quantitative estimate of drug-likeness (QED) is 0.0236. The molecule has 0 aliphatic heterocycles. The third kappa shape index (κ3) is 11.0. The van der Waals surface area contributed by atoms with Crippen molar-refractivity contribution in [2.24, 2.45) is 0 Å². The molecule has 4 aromatic carbocycles. The molecule has 0 saturated carbocycles. The van der Waals surface area contributed by atoms with Crippen molar-refractivity contribution in [2.45, 2.75) is 120 Å². The number of halogens is 23. The molecular formula is C45H38F23OS+. The maximum Gasteiger partial charge on any atom is 0.389 e. The van der Waals surface area contributed by atoms with Crippen LogP contribution in [0.15, 0.2) is 0 Å². The molecule has 0 radical (unpaired) electrons. The third-order valence-corrected chi connectivity index (χ3v) is 12.1. The lowest BCUT2D eigenvalue weighted by molar-refractivity contribution is -0.135. The normalized spacial score (nSPS) is 12.6. The molecule has 0 fully saturated rings. The maximum atomic E-state index is 16.7. The number of benzene rings is 4. The average molecular weight is 1060 g/mol. The molecule has 0 spiro atoms. The fourth-order valence-electron chi connectivity index (χ4n) is 8.48. The van der Waals surface area contributed by atoms with Crippen LogP contribution in [0.3, 0.4) is 0 Å². The summed E-state index contributed by atoms with van der Waals surface area (Å²) in [5, 5.41) is 0. The van der Waals surface area contributed by atoms with Crippen molar-refractivity contribution >= 4 is 11.2 Å². The third-order valence-electron chi connectivity index (χ3n) is 11.6. The molecule has 0 atom stereocenters. The molecule has 70 heavy (non-hydrogen) atoms. The Balaban J connectivity index is 2.07. The van der Waals surface area contributed by atoms with Gasteiger partial charge in [0, 0.05) is 17.5 Å². The van der Waals surface area contributed by atoms with Gasteiger partial charge in [-0.2, -0.15) is 17.4 Å². The van der Waals surface area contributed by atoms with Crippen molar-refractivity contribution in [3.05, 3.63) is 139 Å². The Kier molecular flexibility index (Phi) is 19.5. The largest absolute Gasteiger partial charge is 0.389 e. The Labute approximate surface area is 386 Å². The second kappa shape index (κ2) is 23.4. The summed E-state index contributed by atoms with van der Waals surface area (Å²) in [7, 11) is 0. The van der Waals surface area contributed by atoms with E-state index in [9.17, 15) is 30.7 Å². The van der Waals surface area contributed by atoms with E-state index in [0.29, 0.717) is 63.9 Å². The minimum absolute atomic E-state index is 0.0255. The van der Waals surface area contributed by atoms with Crippen LogP contribution in [-0.4, -0.2) is 18.7 Å². The Morgan fingerprint density at radius 3 is 0.671 bits per heavy atom. The van der Waals surface area contributed by atoms with Crippen LogP contribution in [0.1, 0.15) is 125 Å². The molecule has 4 aromatic rings. The van der Waals surface area contributed by atoms with Crippen molar-refractivity contribution in [1.29, 1.82) is 0 Å². The molecule has 1 nitrogen and oxygen atoms in total. The first kappa shape index (κ1) is 58.2. The second-order valence-corrected chi connectivity index (χ2v) is 17.9. The average Bonchev–Trinajstić information content (AvgIpc) is 3.30. The van der Waals surface area contributed by atoms with E-state index in [-0.39, 0.29) is 25.7 Å². The maximum absolute atomic E-state index is 16.7. The standard InChI is InChI=1S/C45H38F23OS/c1-70(2)69-45(21-27(50)35(58)41(64)36(59)28(21)51,22-29(52)37(60)42(65)38(61)30(22)53)43(19-23(46)31(54)39(62)32(55)24(19)47,20-25(48)33(56)40(63)34(57)26(20)49)17-15-13-11-9-7-5-3-4-6-8-10-12-14-16-18-44(66,67)68/h3-18H2,1-2H3/q+1. The van der Waals surface area contributed by atoms with Gasteiger partial charge in [0.15, 0.2) is 93.1 Å². The fraction of sp³-hybridized carbons (Fsp3) is 0.467. The molecule has 390 valence electrons. The molecule has 0 unspecified atom stereocenters. The smallest absolute Gasteiger partial charge is 0.203 e. The van der Waals surface area contributed by atoms with E-state index in [1.54, 1.807) is 0 Å². The monoisotopic (exact) mass is 1060 g/mol. The van der Waals surface area contributed by atoms with Gasteiger partial charge < -0.3 is 0 Å². The van der Waals surface area contributed by atoms with Crippen LogP contribution in [0, 0.1) is 116 Å². The Morgan fingerprint density at radius 2 is 0.457 bits per heavy atom. The van der Waals surface area contributed by atoms with Crippen LogP contribution in [0.5, 0.6) is 0 Å².